The fraction of sp³-hybridized carbons (Fsp3) is 0.297. The largest absolute Gasteiger partial charge is 0.486 e. The number of halogens is 2. The van der Waals surface area contributed by atoms with E-state index in [4.69, 9.17) is 9.47 Å². The Labute approximate surface area is 284 Å². The first-order chi connectivity index (χ1) is 23.7. The summed E-state index contributed by atoms with van der Waals surface area (Å²) in [5.74, 6) is -1.48. The number of anilines is 1. The van der Waals surface area contributed by atoms with Gasteiger partial charge in [0.2, 0.25) is 11.8 Å². The van der Waals surface area contributed by atoms with Crippen molar-refractivity contribution < 1.29 is 36.3 Å². The molecule has 256 valence electrons. The fourth-order valence-corrected chi connectivity index (χ4v) is 7.59. The van der Waals surface area contributed by atoms with Crippen LogP contribution in [0.5, 0.6) is 11.5 Å². The lowest BCUT2D eigenvalue weighted by Crippen LogP contribution is -2.54. The SMILES string of the molecule is O=C(NC1CCCC1)[C@@H](Cc1ccccc1)N(Cc1ccc(F)cc1)C(=O)CN(c1ccc(F)cc1)S(=O)(=O)c1ccc2c(c1)OCCO2. The summed E-state index contributed by atoms with van der Waals surface area (Å²) in [6.07, 6.45) is 3.76. The second-order valence-corrected chi connectivity index (χ2v) is 14.0. The maximum absolute atomic E-state index is 14.6. The van der Waals surface area contributed by atoms with Gasteiger partial charge in [0.25, 0.3) is 10.0 Å². The van der Waals surface area contributed by atoms with Gasteiger partial charge in [-0.3, -0.25) is 13.9 Å². The van der Waals surface area contributed by atoms with Gasteiger partial charge < -0.3 is 19.7 Å². The molecule has 0 spiro atoms. The molecule has 1 heterocycles. The van der Waals surface area contributed by atoms with Crippen LogP contribution in [0.25, 0.3) is 0 Å². The van der Waals surface area contributed by atoms with Gasteiger partial charge in [-0.1, -0.05) is 55.3 Å². The van der Waals surface area contributed by atoms with E-state index in [2.05, 4.69) is 5.32 Å². The van der Waals surface area contributed by atoms with Crippen LogP contribution in [0, 0.1) is 11.6 Å². The number of fused-ring (bicyclic) bond motifs is 1. The average Bonchev–Trinajstić information content (AvgIpc) is 3.63. The molecule has 0 radical (unpaired) electrons. The summed E-state index contributed by atoms with van der Waals surface area (Å²) in [6.45, 7) is -0.264. The van der Waals surface area contributed by atoms with Crippen molar-refractivity contribution in [3.05, 3.63) is 120 Å². The minimum absolute atomic E-state index is 0.0418. The zero-order valence-electron chi connectivity index (χ0n) is 26.8. The van der Waals surface area contributed by atoms with Gasteiger partial charge in [-0.05, 0) is 72.5 Å². The first kappa shape index (κ1) is 33.9. The zero-order valence-corrected chi connectivity index (χ0v) is 27.6. The second-order valence-electron chi connectivity index (χ2n) is 12.1. The number of carbonyl (C=O) groups excluding carboxylic acids is 2. The Morgan fingerprint density at radius 2 is 1.43 bits per heavy atom. The Balaban J connectivity index is 1.39. The summed E-state index contributed by atoms with van der Waals surface area (Å²) >= 11 is 0. The Hall–Kier alpha value is -4.97. The molecule has 1 saturated carbocycles. The third kappa shape index (κ3) is 8.19. The number of ether oxygens (including phenoxy) is 2. The number of carbonyl (C=O) groups is 2. The van der Waals surface area contributed by atoms with Crippen LogP contribution >= 0.6 is 0 Å². The molecule has 4 aromatic carbocycles. The number of nitrogens with zero attached hydrogens (tertiary/aromatic N) is 2. The lowest BCUT2D eigenvalue weighted by Gasteiger charge is -2.34. The second kappa shape index (κ2) is 15.1. The van der Waals surface area contributed by atoms with Gasteiger partial charge in [0.15, 0.2) is 11.5 Å². The third-order valence-corrected chi connectivity index (χ3v) is 10.5. The van der Waals surface area contributed by atoms with Gasteiger partial charge in [0.1, 0.15) is 37.4 Å². The highest BCUT2D eigenvalue weighted by Crippen LogP contribution is 2.34. The fourth-order valence-electron chi connectivity index (χ4n) is 6.16. The van der Waals surface area contributed by atoms with Crippen molar-refractivity contribution in [2.24, 2.45) is 0 Å². The van der Waals surface area contributed by atoms with Crippen molar-refractivity contribution in [2.45, 2.75) is 55.6 Å². The van der Waals surface area contributed by atoms with Gasteiger partial charge in [-0.25, -0.2) is 17.2 Å². The van der Waals surface area contributed by atoms with Crippen molar-refractivity contribution >= 4 is 27.5 Å². The lowest BCUT2D eigenvalue weighted by atomic mass is 10.0. The maximum Gasteiger partial charge on any atom is 0.264 e. The normalized spacial score (nSPS) is 15.0. The molecule has 1 aliphatic carbocycles. The van der Waals surface area contributed by atoms with Crippen LogP contribution in [-0.4, -0.2) is 57.0 Å². The van der Waals surface area contributed by atoms with Crippen LogP contribution in [0.3, 0.4) is 0 Å². The zero-order chi connectivity index (χ0) is 34.4. The molecular formula is C37H37F2N3O6S. The number of benzene rings is 4. The van der Waals surface area contributed by atoms with E-state index in [1.807, 2.05) is 30.3 Å². The van der Waals surface area contributed by atoms with E-state index in [1.165, 1.54) is 59.5 Å². The van der Waals surface area contributed by atoms with E-state index in [0.717, 1.165) is 47.7 Å². The van der Waals surface area contributed by atoms with Crippen molar-refractivity contribution in [3.63, 3.8) is 0 Å². The van der Waals surface area contributed by atoms with Crippen molar-refractivity contribution in [1.82, 2.24) is 10.2 Å². The number of amides is 2. The van der Waals surface area contributed by atoms with E-state index in [1.54, 1.807) is 0 Å². The molecule has 1 fully saturated rings. The number of rotatable bonds is 12. The van der Waals surface area contributed by atoms with Gasteiger partial charge in [0, 0.05) is 25.1 Å². The number of sulfonamides is 1. The van der Waals surface area contributed by atoms with Gasteiger partial charge >= 0.3 is 0 Å². The molecule has 2 amide bonds. The van der Waals surface area contributed by atoms with E-state index in [-0.39, 0.29) is 47.9 Å². The van der Waals surface area contributed by atoms with Crippen molar-refractivity contribution in [2.75, 3.05) is 24.1 Å². The number of nitrogens with one attached hydrogen (secondary N) is 1. The topological polar surface area (TPSA) is 105 Å². The average molecular weight is 690 g/mol. The van der Waals surface area contributed by atoms with Gasteiger partial charge in [-0.2, -0.15) is 0 Å². The minimum Gasteiger partial charge on any atom is -0.486 e. The number of hydrogen-bond acceptors (Lipinski definition) is 6. The van der Waals surface area contributed by atoms with Crippen molar-refractivity contribution in [3.8, 4) is 11.5 Å². The maximum atomic E-state index is 14.6. The van der Waals surface area contributed by atoms with Crippen LogP contribution < -0.4 is 19.1 Å². The van der Waals surface area contributed by atoms with E-state index < -0.39 is 40.2 Å². The Morgan fingerprint density at radius 1 is 0.796 bits per heavy atom. The first-order valence-electron chi connectivity index (χ1n) is 16.2. The van der Waals surface area contributed by atoms with Gasteiger partial charge in [0.05, 0.1) is 10.6 Å². The standard InChI is InChI=1S/C37H37F2N3O6S/c38-28-12-10-27(11-13-28)24-41(33(22-26-6-2-1-3-7-26)37(44)40-30-8-4-5-9-30)36(43)25-42(31-16-14-29(39)15-17-31)49(45,46)32-18-19-34-35(23-32)48-21-20-47-34/h1-3,6-7,10-19,23,30,33H,4-5,8-9,20-22,24-25H2,(H,40,44)/t33-/m1/s1. The van der Waals surface area contributed by atoms with E-state index in [0.29, 0.717) is 17.9 Å². The molecular weight excluding hydrogens is 652 g/mol. The summed E-state index contributed by atoms with van der Waals surface area (Å²) < 4.78 is 68.7. The van der Waals surface area contributed by atoms with Crippen LogP contribution in [0.4, 0.5) is 14.5 Å². The highest BCUT2D eigenvalue weighted by Gasteiger charge is 2.36. The summed E-state index contributed by atoms with van der Waals surface area (Å²) in [6, 6.07) is 22.7. The Morgan fingerprint density at radius 3 is 2.10 bits per heavy atom. The molecule has 9 nitrogen and oxygen atoms in total. The number of hydrogen-bond donors (Lipinski definition) is 1. The monoisotopic (exact) mass is 689 g/mol. The summed E-state index contributed by atoms with van der Waals surface area (Å²) in [7, 11) is -4.45. The Bertz CT molecular complexity index is 1870. The van der Waals surface area contributed by atoms with Crippen LogP contribution in [0.1, 0.15) is 36.8 Å². The molecule has 4 aromatic rings. The third-order valence-electron chi connectivity index (χ3n) is 8.73. The minimum atomic E-state index is -4.45. The van der Waals surface area contributed by atoms with Crippen LogP contribution in [0.15, 0.2) is 102 Å². The predicted molar refractivity (Wildman–Crippen MR) is 180 cm³/mol. The van der Waals surface area contributed by atoms with E-state index in [9.17, 15) is 26.8 Å². The Kier molecular flexibility index (Phi) is 10.4. The smallest absolute Gasteiger partial charge is 0.264 e. The van der Waals surface area contributed by atoms with E-state index >= 15 is 0 Å². The molecule has 1 N–H and O–H groups in total. The van der Waals surface area contributed by atoms with Crippen molar-refractivity contribution in [1.29, 1.82) is 0 Å². The summed E-state index contributed by atoms with van der Waals surface area (Å²) in [5, 5.41) is 3.11. The molecule has 49 heavy (non-hydrogen) atoms. The molecule has 1 aliphatic heterocycles. The lowest BCUT2D eigenvalue weighted by molar-refractivity contribution is -0.140. The molecule has 0 aromatic heterocycles. The molecule has 0 saturated heterocycles. The van der Waals surface area contributed by atoms with Gasteiger partial charge in [-0.15, -0.1) is 0 Å². The van der Waals surface area contributed by atoms with Crippen LogP contribution in [-0.2, 0) is 32.6 Å². The summed E-state index contributed by atoms with van der Waals surface area (Å²) in [4.78, 5) is 29.9. The highest BCUT2D eigenvalue weighted by atomic mass is 32.2. The quantitative estimate of drug-likeness (QED) is 0.207. The molecule has 1 atom stereocenters. The molecule has 6 rings (SSSR count). The van der Waals surface area contributed by atoms with Crippen LogP contribution in [0.2, 0.25) is 0 Å². The molecule has 2 aliphatic rings. The molecule has 0 bridgehead atoms. The molecule has 12 heteroatoms. The predicted octanol–water partition coefficient (Wildman–Crippen LogP) is 5.63. The highest BCUT2D eigenvalue weighted by molar-refractivity contribution is 7.92. The first-order valence-corrected chi connectivity index (χ1v) is 17.7. The summed E-state index contributed by atoms with van der Waals surface area (Å²) in [5.41, 5.74) is 1.39. The molecule has 0 unspecified atom stereocenters.